The molecular weight excluding hydrogens is 280 g/mol. The topological polar surface area (TPSA) is 8.81 Å². The molecule has 0 saturated heterocycles. The van der Waals surface area contributed by atoms with Gasteiger partial charge in [-0.2, -0.15) is 4.57 Å². The van der Waals surface area contributed by atoms with Gasteiger partial charge in [0.1, 0.15) is 11.0 Å². The third kappa shape index (κ3) is 1.98. The average Bonchev–Trinajstić information content (AvgIpc) is 2.86. The lowest BCUT2D eigenvalue weighted by Gasteiger charge is -2.06. The molecule has 2 heteroatoms. The zero-order chi connectivity index (χ0) is 16.1. The molecule has 2 aromatic heterocycles. The van der Waals surface area contributed by atoms with E-state index in [9.17, 15) is 0 Å². The zero-order valence-electron chi connectivity index (χ0n) is 14.1. The van der Waals surface area contributed by atoms with E-state index in [4.69, 9.17) is 0 Å². The summed E-state index contributed by atoms with van der Waals surface area (Å²) in [6, 6.07) is 17.6. The van der Waals surface area contributed by atoms with Crippen LogP contribution in [0.2, 0.25) is 0 Å². The molecular formula is C21H21N2+. The molecule has 0 aliphatic rings. The fourth-order valence-corrected chi connectivity index (χ4v) is 3.47. The summed E-state index contributed by atoms with van der Waals surface area (Å²) in [5.41, 5.74) is 6.55. The number of hydrogen-bond acceptors (Lipinski definition) is 0. The molecule has 0 N–H and O–H groups in total. The molecule has 0 spiro atoms. The molecule has 0 radical (unpaired) electrons. The minimum Gasteiger partial charge on any atom is -0.237 e. The second-order valence-electron chi connectivity index (χ2n) is 6.43. The number of aromatic nitrogens is 2. The second kappa shape index (κ2) is 4.95. The van der Waals surface area contributed by atoms with Crippen molar-refractivity contribution in [2.75, 3.05) is 0 Å². The van der Waals surface area contributed by atoms with Crippen molar-refractivity contribution in [3.8, 4) is 5.82 Å². The molecule has 2 heterocycles. The van der Waals surface area contributed by atoms with Gasteiger partial charge in [-0.05, 0) is 56.2 Å². The molecule has 0 unspecified atom stereocenters. The normalized spacial score (nSPS) is 11.5. The lowest BCUT2D eigenvalue weighted by atomic mass is 10.0. The van der Waals surface area contributed by atoms with E-state index < -0.39 is 0 Å². The highest BCUT2D eigenvalue weighted by Crippen LogP contribution is 2.34. The van der Waals surface area contributed by atoms with E-state index in [2.05, 4.69) is 91.7 Å². The van der Waals surface area contributed by atoms with E-state index >= 15 is 0 Å². The molecule has 23 heavy (non-hydrogen) atoms. The van der Waals surface area contributed by atoms with Gasteiger partial charge >= 0.3 is 0 Å². The number of aryl methyl sites for hydroxylation is 4. The lowest BCUT2D eigenvalue weighted by molar-refractivity contribution is -0.665. The van der Waals surface area contributed by atoms with Crippen LogP contribution in [0.4, 0.5) is 0 Å². The standard InChI is InChI=1S/C21H21N2/c1-14-8-11-19-18(13-14)17-10-9-15(2)16(3)21(17)23(19)20-7-5-6-12-22(20)4/h5-13H,1-4H3/q+1. The SMILES string of the molecule is Cc1ccc2c(c1)c1ccc(C)c(C)c1n2-c1cccc[n+]1C. The largest absolute Gasteiger partial charge is 0.286 e. The summed E-state index contributed by atoms with van der Waals surface area (Å²) in [6.45, 7) is 6.57. The van der Waals surface area contributed by atoms with E-state index in [1.165, 1.54) is 44.3 Å². The highest BCUT2D eigenvalue weighted by atomic mass is 15.1. The summed E-state index contributed by atoms with van der Waals surface area (Å²) in [4.78, 5) is 0. The van der Waals surface area contributed by atoms with E-state index in [-0.39, 0.29) is 0 Å². The molecule has 2 aromatic carbocycles. The molecule has 0 atom stereocenters. The number of rotatable bonds is 1. The summed E-state index contributed by atoms with van der Waals surface area (Å²) in [7, 11) is 2.10. The van der Waals surface area contributed by atoms with Gasteiger partial charge in [0.15, 0.2) is 0 Å². The number of nitrogens with zero attached hydrogens (tertiary/aromatic N) is 2. The smallest absolute Gasteiger partial charge is 0.237 e. The Balaban J connectivity index is 2.29. The van der Waals surface area contributed by atoms with Crippen LogP contribution in [0.25, 0.3) is 27.6 Å². The number of hydrogen-bond donors (Lipinski definition) is 0. The number of benzene rings is 2. The Morgan fingerprint density at radius 1 is 0.870 bits per heavy atom. The van der Waals surface area contributed by atoms with Crippen LogP contribution in [0.3, 0.4) is 0 Å². The summed E-state index contributed by atoms with van der Waals surface area (Å²) in [5, 5.41) is 2.66. The monoisotopic (exact) mass is 301 g/mol. The van der Waals surface area contributed by atoms with E-state index in [1.807, 2.05) is 0 Å². The van der Waals surface area contributed by atoms with E-state index in [0.29, 0.717) is 0 Å². The lowest BCUT2D eigenvalue weighted by Crippen LogP contribution is -2.33. The van der Waals surface area contributed by atoms with Gasteiger partial charge in [-0.15, -0.1) is 0 Å². The molecule has 0 saturated carbocycles. The maximum absolute atomic E-state index is 2.40. The van der Waals surface area contributed by atoms with E-state index in [0.717, 1.165) is 0 Å². The van der Waals surface area contributed by atoms with Crippen LogP contribution in [-0.2, 0) is 7.05 Å². The van der Waals surface area contributed by atoms with Crippen LogP contribution in [0, 0.1) is 20.8 Å². The highest BCUT2D eigenvalue weighted by molar-refractivity contribution is 6.10. The van der Waals surface area contributed by atoms with Crippen LogP contribution >= 0.6 is 0 Å². The molecule has 114 valence electrons. The number of pyridine rings is 1. The summed E-state index contributed by atoms with van der Waals surface area (Å²) in [6.07, 6.45) is 2.10. The predicted octanol–water partition coefficient (Wildman–Crippen LogP) is 4.53. The Bertz CT molecular complexity index is 1050. The first-order valence-corrected chi connectivity index (χ1v) is 8.04. The molecule has 0 aliphatic carbocycles. The van der Waals surface area contributed by atoms with Crippen molar-refractivity contribution in [3.63, 3.8) is 0 Å². The Morgan fingerprint density at radius 2 is 1.70 bits per heavy atom. The Hall–Kier alpha value is -2.61. The molecule has 0 fully saturated rings. The minimum absolute atomic E-state index is 1.19. The average molecular weight is 301 g/mol. The third-order valence-electron chi connectivity index (χ3n) is 4.87. The van der Waals surface area contributed by atoms with Crippen molar-refractivity contribution in [1.29, 1.82) is 0 Å². The van der Waals surface area contributed by atoms with Gasteiger partial charge in [-0.3, -0.25) is 0 Å². The fourth-order valence-electron chi connectivity index (χ4n) is 3.47. The first-order valence-electron chi connectivity index (χ1n) is 8.04. The predicted molar refractivity (Wildman–Crippen MR) is 96.2 cm³/mol. The van der Waals surface area contributed by atoms with Crippen molar-refractivity contribution < 1.29 is 4.57 Å². The van der Waals surface area contributed by atoms with Crippen LogP contribution in [0.15, 0.2) is 54.7 Å². The second-order valence-corrected chi connectivity index (χ2v) is 6.43. The molecule has 2 nitrogen and oxygen atoms in total. The van der Waals surface area contributed by atoms with Gasteiger partial charge in [-0.25, -0.2) is 4.57 Å². The van der Waals surface area contributed by atoms with Crippen LogP contribution in [-0.4, -0.2) is 4.57 Å². The zero-order valence-corrected chi connectivity index (χ0v) is 14.1. The molecule has 0 amide bonds. The van der Waals surface area contributed by atoms with Crippen molar-refractivity contribution in [2.24, 2.45) is 7.05 Å². The molecule has 0 bridgehead atoms. The first-order chi connectivity index (χ1) is 11.1. The van der Waals surface area contributed by atoms with Crippen molar-refractivity contribution >= 4 is 21.8 Å². The number of fused-ring (bicyclic) bond motifs is 3. The maximum Gasteiger partial charge on any atom is 0.286 e. The van der Waals surface area contributed by atoms with Crippen molar-refractivity contribution in [1.82, 2.24) is 4.57 Å². The maximum atomic E-state index is 2.40. The summed E-state index contributed by atoms with van der Waals surface area (Å²) < 4.78 is 4.58. The van der Waals surface area contributed by atoms with Crippen molar-refractivity contribution in [2.45, 2.75) is 20.8 Å². The Morgan fingerprint density at radius 3 is 2.48 bits per heavy atom. The van der Waals surface area contributed by atoms with Gasteiger partial charge in [0.2, 0.25) is 0 Å². The van der Waals surface area contributed by atoms with Crippen LogP contribution in [0.1, 0.15) is 16.7 Å². The van der Waals surface area contributed by atoms with E-state index in [1.54, 1.807) is 0 Å². The molecule has 0 aliphatic heterocycles. The summed E-state index contributed by atoms with van der Waals surface area (Å²) in [5.74, 6) is 1.19. The fraction of sp³-hybridized carbons (Fsp3) is 0.190. The van der Waals surface area contributed by atoms with Gasteiger partial charge in [0.05, 0.1) is 13.2 Å². The van der Waals surface area contributed by atoms with Crippen LogP contribution < -0.4 is 4.57 Å². The third-order valence-corrected chi connectivity index (χ3v) is 4.87. The van der Waals surface area contributed by atoms with Gasteiger partial charge in [-0.1, -0.05) is 23.8 Å². The van der Waals surface area contributed by atoms with Gasteiger partial charge in [0.25, 0.3) is 5.82 Å². The quantitative estimate of drug-likeness (QED) is 0.457. The summed E-state index contributed by atoms with van der Waals surface area (Å²) >= 11 is 0. The van der Waals surface area contributed by atoms with Gasteiger partial charge < -0.3 is 0 Å². The Labute approximate surface area is 136 Å². The molecule has 4 rings (SSSR count). The minimum atomic E-state index is 1.19. The van der Waals surface area contributed by atoms with Gasteiger partial charge in [0, 0.05) is 16.8 Å². The van der Waals surface area contributed by atoms with Crippen molar-refractivity contribution in [3.05, 3.63) is 71.4 Å². The van der Waals surface area contributed by atoms with Crippen LogP contribution in [0.5, 0.6) is 0 Å². The Kier molecular flexibility index (Phi) is 3.02. The first kappa shape index (κ1) is 14.0. The highest BCUT2D eigenvalue weighted by Gasteiger charge is 2.22. The molecule has 4 aromatic rings.